The van der Waals surface area contributed by atoms with Gasteiger partial charge in [0, 0.05) is 44.0 Å². The van der Waals surface area contributed by atoms with Crippen LogP contribution in [0.3, 0.4) is 0 Å². The molecule has 1 saturated heterocycles. The number of likely N-dealkylation sites (tertiary alicyclic amines) is 1. The molecule has 1 aromatic rings. The number of hydrogen-bond acceptors (Lipinski definition) is 4. The first-order chi connectivity index (χ1) is 11.0. The Hall–Kier alpha value is -1.67. The summed E-state index contributed by atoms with van der Waals surface area (Å²) >= 11 is 0. The smallest absolute Gasteiger partial charge is 0.317 e. The molecule has 128 valence electrons. The number of urea groups is 1. The van der Waals surface area contributed by atoms with Gasteiger partial charge in [-0.15, -0.1) is 0 Å². The number of amides is 2. The van der Waals surface area contributed by atoms with Gasteiger partial charge in [0.05, 0.1) is 6.26 Å². The fourth-order valence-electron chi connectivity index (χ4n) is 2.67. The van der Waals surface area contributed by atoms with E-state index in [2.05, 4.69) is 15.0 Å². The second-order valence-electron chi connectivity index (χ2n) is 5.77. The summed E-state index contributed by atoms with van der Waals surface area (Å²) in [7, 11) is -3.24. The summed E-state index contributed by atoms with van der Waals surface area (Å²) in [5, 5.41) is 2.90. The molecular formula is C15H24N4O3S. The van der Waals surface area contributed by atoms with Crippen LogP contribution in [0.25, 0.3) is 0 Å². The molecule has 0 bridgehead atoms. The number of hydrogen-bond donors (Lipinski definition) is 2. The van der Waals surface area contributed by atoms with Gasteiger partial charge in [0.1, 0.15) is 0 Å². The van der Waals surface area contributed by atoms with E-state index >= 15 is 0 Å². The van der Waals surface area contributed by atoms with E-state index in [4.69, 9.17) is 0 Å². The summed E-state index contributed by atoms with van der Waals surface area (Å²) in [4.78, 5) is 18.3. The summed E-state index contributed by atoms with van der Waals surface area (Å²) in [6.07, 6.45) is 6.31. The third-order valence-corrected chi connectivity index (χ3v) is 4.54. The molecule has 2 heterocycles. The first-order valence-corrected chi connectivity index (χ1v) is 9.74. The van der Waals surface area contributed by atoms with Crippen LogP contribution in [0.5, 0.6) is 0 Å². The summed E-state index contributed by atoms with van der Waals surface area (Å²) in [6.45, 7) is 1.44. The van der Waals surface area contributed by atoms with Gasteiger partial charge >= 0.3 is 6.03 Å². The Kier molecular flexibility index (Phi) is 6.35. The topological polar surface area (TPSA) is 91.4 Å². The predicted octanol–water partition coefficient (Wildman–Crippen LogP) is 0.737. The molecule has 2 amide bonds. The van der Waals surface area contributed by atoms with Crippen molar-refractivity contribution in [2.24, 2.45) is 0 Å². The van der Waals surface area contributed by atoms with E-state index in [1.807, 2.05) is 18.2 Å². The maximum atomic E-state index is 12.3. The molecule has 1 atom stereocenters. The van der Waals surface area contributed by atoms with Gasteiger partial charge in [-0.1, -0.05) is 6.07 Å². The average Bonchev–Trinajstić information content (AvgIpc) is 2.53. The van der Waals surface area contributed by atoms with E-state index in [1.54, 1.807) is 11.1 Å². The quantitative estimate of drug-likeness (QED) is 0.799. The first kappa shape index (κ1) is 17.7. The van der Waals surface area contributed by atoms with Gasteiger partial charge in [0.25, 0.3) is 0 Å². The number of aromatic nitrogens is 1. The van der Waals surface area contributed by atoms with Crippen molar-refractivity contribution in [1.29, 1.82) is 0 Å². The molecular weight excluding hydrogens is 316 g/mol. The van der Waals surface area contributed by atoms with Crippen molar-refractivity contribution < 1.29 is 13.2 Å². The van der Waals surface area contributed by atoms with Crippen molar-refractivity contribution in [2.75, 3.05) is 25.9 Å². The van der Waals surface area contributed by atoms with Crippen LogP contribution < -0.4 is 10.0 Å². The minimum Gasteiger partial charge on any atom is -0.338 e. The van der Waals surface area contributed by atoms with E-state index in [-0.39, 0.29) is 18.6 Å². The fourth-order valence-corrected chi connectivity index (χ4v) is 3.17. The second-order valence-corrected chi connectivity index (χ2v) is 7.60. The SMILES string of the molecule is CS(=O)(=O)NC[C@@H]1CCCCN1C(=O)NCCc1ccccn1. The Morgan fingerprint density at radius 3 is 2.91 bits per heavy atom. The van der Waals surface area contributed by atoms with Crippen molar-refractivity contribution >= 4 is 16.1 Å². The van der Waals surface area contributed by atoms with Crippen LogP contribution in [0, 0.1) is 0 Å². The highest BCUT2D eigenvalue weighted by molar-refractivity contribution is 7.88. The lowest BCUT2D eigenvalue weighted by molar-refractivity contribution is 0.152. The molecule has 23 heavy (non-hydrogen) atoms. The molecule has 0 spiro atoms. The molecule has 1 aromatic heterocycles. The molecule has 1 aliphatic rings. The molecule has 0 radical (unpaired) electrons. The monoisotopic (exact) mass is 340 g/mol. The van der Waals surface area contributed by atoms with Crippen LogP contribution >= 0.6 is 0 Å². The van der Waals surface area contributed by atoms with Crippen molar-refractivity contribution in [3.8, 4) is 0 Å². The van der Waals surface area contributed by atoms with Crippen LogP contribution in [-0.4, -0.2) is 56.3 Å². The highest BCUT2D eigenvalue weighted by Crippen LogP contribution is 2.16. The Bertz CT molecular complexity index is 606. The van der Waals surface area contributed by atoms with Gasteiger partial charge in [0.15, 0.2) is 0 Å². The van der Waals surface area contributed by atoms with Crippen LogP contribution in [0.1, 0.15) is 25.0 Å². The van der Waals surface area contributed by atoms with Crippen molar-refractivity contribution in [3.63, 3.8) is 0 Å². The zero-order valence-electron chi connectivity index (χ0n) is 13.4. The average molecular weight is 340 g/mol. The molecule has 1 aliphatic heterocycles. The van der Waals surface area contributed by atoms with Gasteiger partial charge in [-0.3, -0.25) is 4.98 Å². The van der Waals surface area contributed by atoms with Gasteiger partial charge in [0.2, 0.25) is 10.0 Å². The number of sulfonamides is 1. The highest BCUT2D eigenvalue weighted by atomic mass is 32.2. The minimum absolute atomic E-state index is 0.0895. The molecule has 2 N–H and O–H groups in total. The third kappa shape index (κ3) is 6.15. The number of carbonyl (C=O) groups excluding carboxylic acids is 1. The van der Waals surface area contributed by atoms with Crippen LogP contribution in [0.15, 0.2) is 24.4 Å². The lowest BCUT2D eigenvalue weighted by atomic mass is 10.0. The number of carbonyl (C=O) groups is 1. The van der Waals surface area contributed by atoms with Crippen molar-refractivity contribution in [3.05, 3.63) is 30.1 Å². The number of piperidine rings is 1. The van der Waals surface area contributed by atoms with E-state index < -0.39 is 10.0 Å². The molecule has 0 saturated carbocycles. The van der Waals surface area contributed by atoms with Gasteiger partial charge in [-0.05, 0) is 31.4 Å². The summed E-state index contributed by atoms with van der Waals surface area (Å²) in [5.74, 6) is 0. The van der Waals surface area contributed by atoms with Crippen LogP contribution in [0.2, 0.25) is 0 Å². The molecule has 0 unspecified atom stereocenters. The van der Waals surface area contributed by atoms with E-state index in [9.17, 15) is 13.2 Å². The largest absolute Gasteiger partial charge is 0.338 e. The highest BCUT2D eigenvalue weighted by Gasteiger charge is 2.26. The van der Waals surface area contributed by atoms with E-state index in [0.29, 0.717) is 19.5 Å². The minimum atomic E-state index is -3.24. The molecule has 2 rings (SSSR count). The normalized spacial score (nSPS) is 18.7. The zero-order chi connectivity index (χ0) is 16.7. The Morgan fingerprint density at radius 2 is 2.22 bits per heavy atom. The molecule has 7 nitrogen and oxygen atoms in total. The third-order valence-electron chi connectivity index (χ3n) is 3.85. The Balaban J connectivity index is 1.82. The maximum absolute atomic E-state index is 12.3. The summed E-state index contributed by atoms with van der Waals surface area (Å²) in [6, 6.07) is 5.47. The zero-order valence-corrected chi connectivity index (χ0v) is 14.2. The van der Waals surface area contributed by atoms with Gasteiger partial charge in [-0.25, -0.2) is 17.9 Å². The lowest BCUT2D eigenvalue weighted by Crippen LogP contribution is -2.52. The molecule has 8 heteroatoms. The lowest BCUT2D eigenvalue weighted by Gasteiger charge is -2.35. The van der Waals surface area contributed by atoms with E-state index in [1.165, 1.54) is 0 Å². The molecule has 0 aliphatic carbocycles. The molecule has 0 aromatic carbocycles. The van der Waals surface area contributed by atoms with E-state index in [0.717, 1.165) is 31.2 Å². The van der Waals surface area contributed by atoms with Crippen molar-refractivity contribution in [1.82, 2.24) is 19.9 Å². The Morgan fingerprint density at radius 1 is 1.39 bits per heavy atom. The van der Waals surface area contributed by atoms with Gasteiger partial charge < -0.3 is 10.2 Å². The number of rotatable bonds is 6. The maximum Gasteiger partial charge on any atom is 0.317 e. The molecule has 1 fully saturated rings. The number of nitrogens with one attached hydrogen (secondary N) is 2. The number of nitrogens with zero attached hydrogens (tertiary/aromatic N) is 2. The summed E-state index contributed by atoms with van der Waals surface area (Å²) in [5.41, 5.74) is 0.932. The van der Waals surface area contributed by atoms with Crippen molar-refractivity contribution in [2.45, 2.75) is 31.7 Å². The Labute approximate surface area is 137 Å². The predicted molar refractivity (Wildman–Crippen MR) is 88.5 cm³/mol. The summed E-state index contributed by atoms with van der Waals surface area (Å²) < 4.78 is 25.0. The first-order valence-electron chi connectivity index (χ1n) is 7.85. The van der Waals surface area contributed by atoms with Crippen LogP contribution in [0.4, 0.5) is 4.79 Å². The fraction of sp³-hybridized carbons (Fsp3) is 0.600. The second kappa shape index (κ2) is 8.26. The standard InChI is InChI=1S/C15H24N4O3S/c1-23(21,22)18-12-14-7-3-5-11-19(14)15(20)17-10-8-13-6-2-4-9-16-13/h2,4,6,9,14,18H,3,5,7-8,10-12H2,1H3,(H,17,20)/t14-/m0/s1. The van der Waals surface area contributed by atoms with Gasteiger partial charge in [-0.2, -0.15) is 0 Å². The number of pyridine rings is 1. The van der Waals surface area contributed by atoms with Crippen LogP contribution in [-0.2, 0) is 16.4 Å².